The molecule has 0 aliphatic carbocycles. The van der Waals surface area contributed by atoms with Gasteiger partial charge in [-0.3, -0.25) is 0 Å². The van der Waals surface area contributed by atoms with Gasteiger partial charge in [-0.2, -0.15) is 8.78 Å². The average Bonchev–Trinajstić information content (AvgIpc) is 1.85. The largest absolute Gasteiger partial charge is 0.339 e. The minimum absolute atomic E-state index is 0.209. The second-order valence-corrected chi connectivity index (χ2v) is 2.79. The van der Waals surface area contributed by atoms with E-state index in [0.717, 1.165) is 12.1 Å². The fraction of sp³-hybridized carbons (Fsp3) is 0. The van der Waals surface area contributed by atoms with Gasteiger partial charge in [0.1, 0.15) is 0 Å². The number of benzene rings is 1. The van der Waals surface area contributed by atoms with Crippen LogP contribution in [-0.2, 0) is 0 Å². The fourth-order valence-electron chi connectivity index (χ4n) is 0.663. The zero-order valence-corrected chi connectivity index (χ0v) is 6.76. The van der Waals surface area contributed by atoms with Gasteiger partial charge in [0.25, 0.3) is 0 Å². The van der Waals surface area contributed by atoms with Crippen molar-refractivity contribution in [2.45, 2.75) is 0 Å². The molecule has 0 aliphatic heterocycles. The Morgan fingerprint density at radius 1 is 1.00 bits per heavy atom. The smallest absolute Gasteiger partial charge is 0.194 e. The fourth-order valence-corrected chi connectivity index (χ4v) is 1.19. The van der Waals surface area contributed by atoms with Crippen molar-refractivity contribution in [1.82, 2.24) is 0 Å². The molecule has 0 nitrogen and oxygen atoms in total. The summed E-state index contributed by atoms with van der Waals surface area (Å²) in [4.78, 5) is 0. The van der Waals surface area contributed by atoms with Crippen LogP contribution < -0.4 is 0 Å². The highest BCUT2D eigenvalue weighted by molar-refractivity contribution is 6.34. The third-order valence-corrected chi connectivity index (χ3v) is 1.52. The quantitative estimate of drug-likeness (QED) is 0.641. The third-order valence-electron chi connectivity index (χ3n) is 1.08. The Bertz CT molecular complexity index is 240. The normalized spacial score (nSPS) is 10.6. The maximum absolute atomic E-state index is 11.9. The lowest BCUT2D eigenvalue weighted by Gasteiger charge is -1.98. The monoisotopic (exact) mass is 195 g/mol. The van der Waals surface area contributed by atoms with Gasteiger partial charge in [0, 0.05) is 15.6 Å². The van der Waals surface area contributed by atoms with Gasteiger partial charge in [-0.1, -0.05) is 23.2 Å². The van der Waals surface area contributed by atoms with Gasteiger partial charge in [-0.05, 0) is 18.2 Å². The molecule has 11 heavy (non-hydrogen) atoms. The molecule has 0 aliphatic rings. The molecule has 0 saturated heterocycles. The number of hydrogen-bond acceptors (Lipinski definition) is 0. The van der Waals surface area contributed by atoms with Crippen LogP contribution in [0.25, 0.3) is 0 Å². The Hall–Kier alpha value is -0.340. The van der Waals surface area contributed by atoms with Crippen molar-refractivity contribution < 1.29 is 8.78 Å². The highest BCUT2D eigenvalue weighted by Gasteiger charge is 2.10. The summed E-state index contributed by atoms with van der Waals surface area (Å²) in [5.41, 5.74) is -0.234. The third kappa shape index (κ3) is 2.31. The molecule has 59 valence electrons. The zero-order valence-electron chi connectivity index (χ0n) is 5.24. The highest BCUT2D eigenvalue weighted by atomic mass is 35.5. The van der Waals surface area contributed by atoms with Crippen molar-refractivity contribution in [3.63, 3.8) is 0 Å². The highest BCUT2D eigenvalue weighted by Crippen LogP contribution is 2.25. The molecule has 1 aromatic rings. The predicted octanol–water partition coefficient (Wildman–Crippen LogP) is 3.77. The Labute approximate surface area is 72.7 Å². The summed E-state index contributed by atoms with van der Waals surface area (Å²) in [6, 6.07) is 3.71. The second-order valence-electron chi connectivity index (χ2n) is 1.92. The van der Waals surface area contributed by atoms with Crippen LogP contribution in [0.5, 0.6) is 0 Å². The van der Waals surface area contributed by atoms with Crippen LogP contribution in [0.3, 0.4) is 0 Å². The van der Waals surface area contributed by atoms with Gasteiger partial charge < -0.3 is 0 Å². The first-order valence-corrected chi connectivity index (χ1v) is 3.49. The van der Waals surface area contributed by atoms with Gasteiger partial charge in [0.2, 0.25) is 0 Å². The molecule has 0 aromatic heterocycles. The Morgan fingerprint density at radius 3 is 1.82 bits per heavy atom. The summed E-state index contributed by atoms with van der Waals surface area (Å²) in [5, 5.41) is 0.417. The molecule has 0 spiro atoms. The SMILES string of the molecule is F[C](F)c1cc(Cl)cc(Cl)c1. The van der Waals surface area contributed by atoms with Gasteiger partial charge in [-0.15, -0.1) is 0 Å². The first-order valence-electron chi connectivity index (χ1n) is 2.74. The van der Waals surface area contributed by atoms with Gasteiger partial charge in [-0.25, -0.2) is 0 Å². The summed E-state index contributed by atoms with van der Waals surface area (Å²) >= 11 is 10.9. The Kier molecular flexibility index (Phi) is 2.68. The molecule has 0 fully saturated rings. The van der Waals surface area contributed by atoms with E-state index in [9.17, 15) is 8.78 Å². The minimum Gasteiger partial charge on any atom is -0.194 e. The van der Waals surface area contributed by atoms with Crippen molar-refractivity contribution in [2.75, 3.05) is 0 Å². The molecule has 0 amide bonds. The van der Waals surface area contributed by atoms with E-state index in [1.165, 1.54) is 6.07 Å². The topological polar surface area (TPSA) is 0 Å². The lowest BCUT2D eigenvalue weighted by Crippen LogP contribution is -1.83. The molecular weight excluding hydrogens is 193 g/mol. The molecule has 0 saturated carbocycles. The van der Waals surface area contributed by atoms with E-state index in [1.54, 1.807) is 0 Å². The summed E-state index contributed by atoms with van der Waals surface area (Å²) in [5.74, 6) is 0. The Balaban J connectivity index is 3.08. The van der Waals surface area contributed by atoms with Crippen LogP contribution in [0, 0.1) is 6.43 Å². The van der Waals surface area contributed by atoms with Gasteiger partial charge in [0.15, 0.2) is 0 Å². The first kappa shape index (κ1) is 8.75. The summed E-state index contributed by atoms with van der Waals surface area (Å²) in [6.07, 6.45) is -1.78. The van der Waals surface area contributed by atoms with Crippen molar-refractivity contribution in [1.29, 1.82) is 0 Å². The molecular formula is C7H3Cl2F2. The van der Waals surface area contributed by atoms with Crippen molar-refractivity contribution in [3.8, 4) is 0 Å². The van der Waals surface area contributed by atoms with Crippen LogP contribution >= 0.6 is 23.2 Å². The average molecular weight is 196 g/mol. The molecule has 0 N–H and O–H groups in total. The van der Waals surface area contributed by atoms with Gasteiger partial charge in [0.05, 0.1) is 0 Å². The summed E-state index contributed by atoms with van der Waals surface area (Å²) in [7, 11) is 0. The van der Waals surface area contributed by atoms with Crippen LogP contribution in [0.4, 0.5) is 8.78 Å². The molecule has 0 bridgehead atoms. The first-order chi connectivity index (χ1) is 5.09. The summed E-state index contributed by atoms with van der Waals surface area (Å²) in [6.45, 7) is 0. The van der Waals surface area contributed by atoms with Crippen LogP contribution in [-0.4, -0.2) is 0 Å². The minimum atomic E-state index is -1.78. The van der Waals surface area contributed by atoms with E-state index >= 15 is 0 Å². The summed E-state index contributed by atoms with van der Waals surface area (Å²) < 4.78 is 23.9. The predicted molar refractivity (Wildman–Crippen MR) is 41.0 cm³/mol. The molecule has 0 unspecified atom stereocenters. The molecule has 4 heteroatoms. The van der Waals surface area contributed by atoms with E-state index in [-0.39, 0.29) is 15.6 Å². The lowest BCUT2D eigenvalue weighted by molar-refractivity contribution is 0.325. The Morgan fingerprint density at radius 2 is 1.45 bits per heavy atom. The van der Waals surface area contributed by atoms with Crippen LogP contribution in [0.2, 0.25) is 10.0 Å². The van der Waals surface area contributed by atoms with Crippen molar-refractivity contribution >= 4 is 23.2 Å². The molecule has 1 aromatic carbocycles. The molecule has 1 rings (SSSR count). The maximum atomic E-state index is 11.9. The zero-order chi connectivity index (χ0) is 8.43. The molecule has 0 atom stereocenters. The van der Waals surface area contributed by atoms with Gasteiger partial charge >= 0.3 is 6.43 Å². The second kappa shape index (κ2) is 3.37. The lowest BCUT2D eigenvalue weighted by atomic mass is 10.2. The number of hydrogen-bond donors (Lipinski definition) is 0. The van der Waals surface area contributed by atoms with Crippen molar-refractivity contribution in [2.24, 2.45) is 0 Å². The molecule has 1 radical (unpaired) electrons. The van der Waals surface area contributed by atoms with Crippen LogP contribution in [0.15, 0.2) is 18.2 Å². The molecule has 0 heterocycles. The standard InChI is InChI=1S/C7H3Cl2F2/c8-5-1-4(7(10)11)2-6(9)3-5/h1-3H. The van der Waals surface area contributed by atoms with E-state index in [2.05, 4.69) is 0 Å². The van der Waals surface area contributed by atoms with E-state index in [1.807, 2.05) is 0 Å². The number of halogens is 4. The van der Waals surface area contributed by atoms with Crippen molar-refractivity contribution in [3.05, 3.63) is 40.2 Å². The maximum Gasteiger partial charge on any atom is 0.339 e. The number of rotatable bonds is 1. The van der Waals surface area contributed by atoms with E-state index in [0.29, 0.717) is 0 Å². The van der Waals surface area contributed by atoms with E-state index < -0.39 is 6.43 Å². The van der Waals surface area contributed by atoms with Crippen LogP contribution in [0.1, 0.15) is 5.56 Å². The van der Waals surface area contributed by atoms with E-state index in [4.69, 9.17) is 23.2 Å².